The highest BCUT2D eigenvalue weighted by molar-refractivity contribution is 7.99. The van der Waals surface area contributed by atoms with Gasteiger partial charge in [-0.15, -0.1) is 0 Å². The Kier molecular flexibility index (Phi) is 6.77. The summed E-state index contributed by atoms with van der Waals surface area (Å²) in [6, 6.07) is 66.4. The van der Waals surface area contributed by atoms with Crippen molar-refractivity contribution in [2.75, 3.05) is 0 Å². The fourth-order valence-electron chi connectivity index (χ4n) is 9.72. The van der Waals surface area contributed by atoms with E-state index >= 15 is 0 Å². The fraction of sp³-hybridized carbons (Fsp3) is 0.0192. The second kappa shape index (κ2) is 12.3. The first kappa shape index (κ1) is 32.6. The fourth-order valence-corrected chi connectivity index (χ4v) is 10.9. The highest BCUT2D eigenvalue weighted by Crippen LogP contribution is 2.61. The molecule has 5 heterocycles. The summed E-state index contributed by atoms with van der Waals surface area (Å²) in [5, 5.41) is 4.56. The highest BCUT2D eigenvalue weighted by Gasteiger charge is 2.49. The molecule has 11 aromatic rings. The van der Waals surface area contributed by atoms with Gasteiger partial charge in [-0.3, -0.25) is 9.13 Å². The van der Waals surface area contributed by atoms with Crippen LogP contribution in [-0.2, 0) is 5.41 Å². The first-order valence-electron chi connectivity index (χ1n) is 19.8. The van der Waals surface area contributed by atoms with Crippen LogP contribution in [0.4, 0.5) is 0 Å². The largest absolute Gasteiger partial charge is 0.457 e. The molecule has 0 unspecified atom stereocenters. The molecule has 276 valence electrons. The minimum atomic E-state index is -0.595. The van der Waals surface area contributed by atoms with Gasteiger partial charge in [-0.25, -0.2) is 0 Å². The van der Waals surface area contributed by atoms with Crippen molar-refractivity contribution < 1.29 is 4.74 Å². The average Bonchev–Trinajstić information content (AvgIpc) is 3.82. The summed E-state index contributed by atoms with van der Waals surface area (Å²) in [4.78, 5) is 18.5. The molecule has 0 bridgehead atoms. The van der Waals surface area contributed by atoms with Crippen LogP contribution in [0, 0.1) is 0 Å². The molecule has 0 atom stereocenters. The quantitative estimate of drug-likeness (QED) is 0.179. The van der Waals surface area contributed by atoms with Gasteiger partial charge in [0.2, 0.25) is 11.9 Å². The number of rotatable bonds is 3. The summed E-state index contributed by atoms with van der Waals surface area (Å²) in [6.45, 7) is 0. The van der Waals surface area contributed by atoms with Crippen LogP contribution in [0.1, 0.15) is 22.3 Å². The van der Waals surface area contributed by atoms with Gasteiger partial charge in [-0.05, 0) is 59.7 Å². The van der Waals surface area contributed by atoms with Crippen molar-refractivity contribution in [1.82, 2.24) is 24.1 Å². The van der Waals surface area contributed by atoms with E-state index in [2.05, 4.69) is 197 Å². The maximum atomic E-state index is 6.94. The van der Waals surface area contributed by atoms with Gasteiger partial charge in [0.15, 0.2) is 5.82 Å². The van der Waals surface area contributed by atoms with E-state index in [9.17, 15) is 0 Å². The predicted octanol–water partition coefficient (Wildman–Crippen LogP) is 12.7. The number of fused-ring (bicyclic) bond motifs is 14. The lowest BCUT2D eigenvalue weighted by molar-refractivity contribution is 0.431. The van der Waals surface area contributed by atoms with Gasteiger partial charge in [0.25, 0.3) is 0 Å². The lowest BCUT2D eigenvalue weighted by Gasteiger charge is -2.45. The lowest BCUT2D eigenvalue weighted by atomic mass is 9.63. The summed E-state index contributed by atoms with van der Waals surface area (Å²) >= 11 is 1.83. The maximum absolute atomic E-state index is 6.94. The Morgan fingerprint density at radius 1 is 0.390 bits per heavy atom. The maximum Gasteiger partial charge on any atom is 0.240 e. The Balaban J connectivity index is 1.10. The van der Waals surface area contributed by atoms with E-state index in [1.54, 1.807) is 0 Å². The second-order valence-corrected chi connectivity index (χ2v) is 16.2. The van der Waals surface area contributed by atoms with Crippen molar-refractivity contribution in [3.05, 3.63) is 210 Å². The molecule has 7 heteroatoms. The molecule has 0 amide bonds. The Morgan fingerprint density at radius 2 is 0.814 bits per heavy atom. The molecular formula is C52H31N5OS. The number of hydrogen-bond donors (Lipinski definition) is 0. The monoisotopic (exact) mass is 773 g/mol. The van der Waals surface area contributed by atoms with Crippen molar-refractivity contribution in [3.63, 3.8) is 0 Å². The molecule has 1 spiro atoms. The van der Waals surface area contributed by atoms with E-state index in [1.807, 2.05) is 11.8 Å². The van der Waals surface area contributed by atoms with Crippen LogP contribution in [0.15, 0.2) is 198 Å². The van der Waals surface area contributed by atoms with E-state index in [0.29, 0.717) is 17.7 Å². The Labute approximate surface area is 343 Å². The number of ether oxygens (including phenoxy) is 1. The van der Waals surface area contributed by atoms with E-state index < -0.39 is 5.41 Å². The molecule has 59 heavy (non-hydrogen) atoms. The molecule has 0 aliphatic carbocycles. The van der Waals surface area contributed by atoms with E-state index in [4.69, 9.17) is 19.7 Å². The third-order valence-electron chi connectivity index (χ3n) is 12.1. The minimum Gasteiger partial charge on any atom is -0.457 e. The van der Waals surface area contributed by atoms with E-state index in [0.717, 1.165) is 71.8 Å². The number of para-hydroxylation sites is 5. The molecular weight excluding hydrogens is 743 g/mol. The third-order valence-corrected chi connectivity index (χ3v) is 13.3. The zero-order chi connectivity index (χ0) is 38.7. The molecule has 6 nitrogen and oxygen atoms in total. The summed E-state index contributed by atoms with van der Waals surface area (Å²) < 4.78 is 11.3. The second-order valence-electron chi connectivity index (χ2n) is 15.2. The van der Waals surface area contributed by atoms with Crippen LogP contribution in [0.3, 0.4) is 0 Å². The Bertz CT molecular complexity index is 3250. The van der Waals surface area contributed by atoms with Gasteiger partial charge < -0.3 is 4.74 Å². The molecule has 2 aliphatic heterocycles. The zero-order valence-electron chi connectivity index (χ0n) is 31.5. The summed E-state index contributed by atoms with van der Waals surface area (Å²) in [5.41, 5.74) is 9.05. The zero-order valence-corrected chi connectivity index (χ0v) is 32.3. The molecule has 0 radical (unpaired) electrons. The smallest absolute Gasteiger partial charge is 0.240 e. The van der Waals surface area contributed by atoms with Gasteiger partial charge in [-0.2, -0.15) is 15.0 Å². The highest BCUT2D eigenvalue weighted by atomic mass is 32.2. The summed E-state index contributed by atoms with van der Waals surface area (Å²) in [6.07, 6.45) is 0. The van der Waals surface area contributed by atoms with Crippen molar-refractivity contribution in [3.8, 4) is 34.8 Å². The van der Waals surface area contributed by atoms with Crippen LogP contribution in [0.5, 0.6) is 11.5 Å². The van der Waals surface area contributed by atoms with Crippen LogP contribution in [0.25, 0.3) is 66.9 Å². The van der Waals surface area contributed by atoms with Gasteiger partial charge >= 0.3 is 0 Å². The van der Waals surface area contributed by atoms with Crippen LogP contribution in [-0.4, -0.2) is 24.1 Å². The van der Waals surface area contributed by atoms with Crippen molar-refractivity contribution in [2.24, 2.45) is 0 Å². The molecule has 3 aromatic heterocycles. The standard InChI is InChI=1S/C52H31N5OS/c1-8-22-41-33(15-1)34-16-2-9-23-42(34)56(41)50-53-49(54-51(55-50)57-43-24-10-3-17-35(43)36-18-4-11-25-44(36)57)32-29-30-38-46(31-32)58-45-26-12-5-19-37(45)52(38)39-20-6-13-27-47(39)59-48-28-14-7-21-40(48)52/h1-31H. The summed E-state index contributed by atoms with van der Waals surface area (Å²) in [7, 11) is 0. The summed E-state index contributed by atoms with van der Waals surface area (Å²) in [5.74, 6) is 3.23. The third kappa shape index (κ3) is 4.50. The number of hydrogen-bond acceptors (Lipinski definition) is 5. The first-order valence-corrected chi connectivity index (χ1v) is 20.6. The van der Waals surface area contributed by atoms with Gasteiger partial charge in [-0.1, -0.05) is 151 Å². The molecule has 2 aliphatic rings. The van der Waals surface area contributed by atoms with E-state index in [-0.39, 0.29) is 0 Å². The molecule has 0 fully saturated rings. The number of aromatic nitrogens is 5. The predicted molar refractivity (Wildman–Crippen MR) is 236 cm³/mol. The minimum absolute atomic E-state index is 0.539. The molecule has 0 saturated carbocycles. The normalized spacial score (nSPS) is 13.6. The van der Waals surface area contributed by atoms with Gasteiger partial charge in [0, 0.05) is 48.0 Å². The molecule has 0 N–H and O–H groups in total. The van der Waals surface area contributed by atoms with E-state index in [1.165, 1.54) is 20.9 Å². The number of nitrogens with zero attached hydrogens (tertiary/aromatic N) is 5. The average molecular weight is 774 g/mol. The van der Waals surface area contributed by atoms with Crippen molar-refractivity contribution >= 4 is 55.4 Å². The topological polar surface area (TPSA) is 57.8 Å². The molecule has 13 rings (SSSR count). The van der Waals surface area contributed by atoms with Crippen LogP contribution < -0.4 is 4.74 Å². The van der Waals surface area contributed by atoms with Crippen molar-refractivity contribution in [1.29, 1.82) is 0 Å². The molecule has 8 aromatic carbocycles. The van der Waals surface area contributed by atoms with Crippen LogP contribution in [0.2, 0.25) is 0 Å². The Morgan fingerprint density at radius 3 is 1.34 bits per heavy atom. The van der Waals surface area contributed by atoms with Crippen molar-refractivity contribution in [2.45, 2.75) is 15.2 Å². The molecule has 0 saturated heterocycles. The number of benzene rings is 8. The van der Waals surface area contributed by atoms with Crippen LogP contribution >= 0.6 is 11.8 Å². The first-order chi connectivity index (χ1) is 29.3. The lowest BCUT2D eigenvalue weighted by Crippen LogP contribution is -2.36. The van der Waals surface area contributed by atoms with Gasteiger partial charge in [0.1, 0.15) is 11.5 Å². The van der Waals surface area contributed by atoms with Gasteiger partial charge in [0.05, 0.1) is 27.5 Å². The SMILES string of the molecule is c1ccc2c(c1)Oc1cc(-c3nc(-n4c5ccccc5c5ccccc54)nc(-n4c5ccccc5c5ccccc54)n3)ccc1C21c2ccccc2Sc2ccccc21. The Hall–Kier alpha value is -7.48.